The van der Waals surface area contributed by atoms with Gasteiger partial charge in [-0.05, 0) is 12.5 Å². The Morgan fingerprint density at radius 1 is 1.42 bits per heavy atom. The molecule has 0 radical (unpaired) electrons. The number of nitrogens with one attached hydrogen (secondary N) is 1. The molecule has 0 saturated carbocycles. The second-order valence-electron chi connectivity index (χ2n) is 5.48. The third-order valence-corrected chi connectivity index (χ3v) is 5.19. The number of H-pyrrole nitrogens is 1. The van der Waals surface area contributed by atoms with Crippen molar-refractivity contribution in [2.24, 2.45) is 5.41 Å². The first kappa shape index (κ1) is 12.6. The Bertz CT molecular complexity index is 589. The topological polar surface area (TPSA) is 86.4 Å². The molecular formula is C11H16N4O3S. The molecular weight excluding hydrogens is 268 g/mol. The molecule has 3 heterocycles. The normalized spacial score (nSPS) is 22.7. The number of carbonyl (C=O) groups excluding carboxylic acids is 1. The monoisotopic (exact) mass is 284 g/mol. The summed E-state index contributed by atoms with van der Waals surface area (Å²) in [7, 11) is -3.12. The van der Waals surface area contributed by atoms with Gasteiger partial charge in [0.05, 0.1) is 6.26 Å². The molecule has 0 bridgehead atoms. The van der Waals surface area contributed by atoms with Crippen LogP contribution in [-0.4, -0.2) is 66.2 Å². The number of hydrogen-bond acceptors (Lipinski definition) is 4. The van der Waals surface area contributed by atoms with E-state index in [0.29, 0.717) is 31.9 Å². The van der Waals surface area contributed by atoms with E-state index in [9.17, 15) is 13.2 Å². The van der Waals surface area contributed by atoms with E-state index in [-0.39, 0.29) is 11.3 Å². The molecule has 3 rings (SSSR count). The van der Waals surface area contributed by atoms with Crippen LogP contribution in [0.5, 0.6) is 0 Å². The molecule has 0 aromatic carbocycles. The zero-order valence-electron chi connectivity index (χ0n) is 10.7. The Morgan fingerprint density at radius 3 is 2.68 bits per heavy atom. The molecule has 8 heteroatoms. The van der Waals surface area contributed by atoms with Gasteiger partial charge >= 0.3 is 0 Å². The van der Waals surface area contributed by atoms with Crippen LogP contribution in [0.15, 0.2) is 12.3 Å². The van der Waals surface area contributed by atoms with Gasteiger partial charge in [0.25, 0.3) is 5.91 Å². The molecule has 0 unspecified atom stereocenters. The predicted molar refractivity (Wildman–Crippen MR) is 68.0 cm³/mol. The van der Waals surface area contributed by atoms with Crippen LogP contribution in [0.25, 0.3) is 0 Å². The Morgan fingerprint density at radius 2 is 2.16 bits per heavy atom. The van der Waals surface area contributed by atoms with Crippen LogP contribution in [0, 0.1) is 5.41 Å². The van der Waals surface area contributed by atoms with Crippen molar-refractivity contribution in [1.82, 2.24) is 19.4 Å². The molecule has 1 spiro atoms. The highest BCUT2D eigenvalue weighted by Gasteiger charge is 2.51. The van der Waals surface area contributed by atoms with Gasteiger partial charge in [-0.3, -0.25) is 9.89 Å². The van der Waals surface area contributed by atoms with Crippen LogP contribution in [0.2, 0.25) is 0 Å². The standard InChI is InChI=1S/C11H16N4O3S/c1-19(17,18)15-5-3-11(8-15)6-14(7-11)10(16)9-2-4-12-13-9/h2,4H,3,5-8H2,1H3,(H,12,13). The van der Waals surface area contributed by atoms with E-state index in [4.69, 9.17) is 0 Å². The van der Waals surface area contributed by atoms with Crippen molar-refractivity contribution in [3.8, 4) is 0 Å². The van der Waals surface area contributed by atoms with Gasteiger partial charge in [0.2, 0.25) is 10.0 Å². The summed E-state index contributed by atoms with van der Waals surface area (Å²) in [4.78, 5) is 13.8. The van der Waals surface area contributed by atoms with Crippen LogP contribution < -0.4 is 0 Å². The average Bonchev–Trinajstić information content (AvgIpc) is 2.94. The highest BCUT2D eigenvalue weighted by atomic mass is 32.2. The maximum atomic E-state index is 12.0. The summed E-state index contributed by atoms with van der Waals surface area (Å²) < 4.78 is 24.5. The van der Waals surface area contributed by atoms with Gasteiger partial charge in [-0.1, -0.05) is 0 Å². The molecule has 104 valence electrons. The largest absolute Gasteiger partial charge is 0.336 e. The maximum Gasteiger partial charge on any atom is 0.271 e. The van der Waals surface area contributed by atoms with Crippen molar-refractivity contribution in [2.45, 2.75) is 6.42 Å². The minimum absolute atomic E-state index is 0.0429. The second kappa shape index (κ2) is 4.04. The molecule has 2 aliphatic heterocycles. The van der Waals surface area contributed by atoms with Crippen molar-refractivity contribution in [3.05, 3.63) is 18.0 Å². The lowest BCUT2D eigenvalue weighted by molar-refractivity contribution is 0.0131. The zero-order valence-corrected chi connectivity index (χ0v) is 11.5. The molecule has 1 aromatic heterocycles. The van der Waals surface area contributed by atoms with E-state index in [1.807, 2.05) is 0 Å². The summed E-state index contributed by atoms with van der Waals surface area (Å²) in [5.41, 5.74) is 0.437. The van der Waals surface area contributed by atoms with Crippen molar-refractivity contribution in [2.75, 3.05) is 32.4 Å². The average molecular weight is 284 g/mol. The first-order valence-corrected chi connectivity index (χ1v) is 7.98. The summed E-state index contributed by atoms with van der Waals surface area (Å²) >= 11 is 0. The van der Waals surface area contributed by atoms with Crippen molar-refractivity contribution in [1.29, 1.82) is 0 Å². The predicted octanol–water partition coefficient (Wildman–Crippen LogP) is -0.483. The molecule has 1 aromatic rings. The van der Waals surface area contributed by atoms with Gasteiger partial charge in [0, 0.05) is 37.8 Å². The number of amides is 1. The number of aromatic nitrogens is 2. The fraction of sp³-hybridized carbons (Fsp3) is 0.636. The molecule has 0 aliphatic carbocycles. The first-order chi connectivity index (χ1) is 8.90. The molecule has 19 heavy (non-hydrogen) atoms. The third-order valence-electron chi connectivity index (χ3n) is 3.94. The van der Waals surface area contributed by atoms with Crippen molar-refractivity contribution < 1.29 is 13.2 Å². The fourth-order valence-electron chi connectivity index (χ4n) is 2.89. The Balaban J connectivity index is 1.63. The van der Waals surface area contributed by atoms with E-state index in [2.05, 4.69) is 10.2 Å². The van der Waals surface area contributed by atoms with Gasteiger partial charge in [-0.2, -0.15) is 5.10 Å². The number of likely N-dealkylation sites (tertiary alicyclic amines) is 1. The molecule has 2 fully saturated rings. The quantitative estimate of drug-likeness (QED) is 0.794. The summed E-state index contributed by atoms with van der Waals surface area (Å²) in [5.74, 6) is -0.0686. The van der Waals surface area contributed by atoms with E-state index in [0.717, 1.165) is 6.42 Å². The van der Waals surface area contributed by atoms with Crippen molar-refractivity contribution >= 4 is 15.9 Å². The number of carbonyl (C=O) groups is 1. The molecule has 0 atom stereocenters. The lowest BCUT2D eigenvalue weighted by Crippen LogP contribution is -2.59. The fourth-order valence-corrected chi connectivity index (χ4v) is 3.82. The van der Waals surface area contributed by atoms with Crippen molar-refractivity contribution in [3.63, 3.8) is 0 Å². The third kappa shape index (κ3) is 2.14. The van der Waals surface area contributed by atoms with Crippen LogP contribution >= 0.6 is 0 Å². The van der Waals surface area contributed by atoms with Crippen LogP contribution in [0.1, 0.15) is 16.9 Å². The van der Waals surface area contributed by atoms with E-state index < -0.39 is 10.0 Å². The lowest BCUT2D eigenvalue weighted by atomic mass is 9.79. The number of rotatable bonds is 2. The van der Waals surface area contributed by atoms with Crippen LogP contribution in [0.4, 0.5) is 0 Å². The minimum atomic E-state index is -3.12. The smallest absolute Gasteiger partial charge is 0.271 e. The molecule has 1 N–H and O–H groups in total. The summed E-state index contributed by atoms with van der Waals surface area (Å²) in [6, 6.07) is 1.64. The maximum absolute atomic E-state index is 12.0. The number of nitrogens with zero attached hydrogens (tertiary/aromatic N) is 3. The lowest BCUT2D eigenvalue weighted by Gasteiger charge is -2.47. The highest BCUT2D eigenvalue weighted by Crippen LogP contribution is 2.40. The first-order valence-electron chi connectivity index (χ1n) is 6.13. The van der Waals surface area contributed by atoms with Gasteiger partial charge in [0.1, 0.15) is 5.69 Å². The van der Waals surface area contributed by atoms with Gasteiger partial charge in [0.15, 0.2) is 0 Å². The Hall–Kier alpha value is -1.41. The summed E-state index contributed by atoms with van der Waals surface area (Å²) in [6.45, 7) is 2.33. The molecule has 1 amide bonds. The van der Waals surface area contributed by atoms with E-state index in [1.54, 1.807) is 17.2 Å². The Kier molecular flexibility index (Phi) is 2.68. The molecule has 2 aliphatic rings. The van der Waals surface area contributed by atoms with E-state index in [1.165, 1.54) is 10.6 Å². The SMILES string of the molecule is CS(=O)(=O)N1CCC2(CN(C(=O)c3ccn[nH]3)C2)C1. The van der Waals surface area contributed by atoms with Crippen LogP contribution in [0.3, 0.4) is 0 Å². The molecule has 2 saturated heterocycles. The minimum Gasteiger partial charge on any atom is -0.336 e. The van der Waals surface area contributed by atoms with Gasteiger partial charge in [-0.25, -0.2) is 12.7 Å². The van der Waals surface area contributed by atoms with Crippen LogP contribution in [-0.2, 0) is 10.0 Å². The molecule has 7 nitrogen and oxygen atoms in total. The summed E-state index contributed by atoms with van der Waals surface area (Å²) in [6.07, 6.45) is 3.61. The number of sulfonamides is 1. The zero-order chi connectivity index (χ0) is 13.7. The second-order valence-corrected chi connectivity index (χ2v) is 7.46. The number of aromatic amines is 1. The van der Waals surface area contributed by atoms with E-state index >= 15 is 0 Å². The van der Waals surface area contributed by atoms with Gasteiger partial charge < -0.3 is 4.90 Å². The summed E-state index contributed by atoms with van der Waals surface area (Å²) in [5, 5.41) is 6.41. The highest BCUT2D eigenvalue weighted by molar-refractivity contribution is 7.88. The number of hydrogen-bond donors (Lipinski definition) is 1. The van der Waals surface area contributed by atoms with Gasteiger partial charge in [-0.15, -0.1) is 0 Å². The Labute approximate surface area is 111 Å².